The molecule has 0 atom stereocenters. The van der Waals surface area contributed by atoms with Gasteiger partial charge in [-0.3, -0.25) is 0 Å². The number of hydrogen-bond acceptors (Lipinski definition) is 2. The van der Waals surface area contributed by atoms with Crippen molar-refractivity contribution in [2.75, 3.05) is 7.05 Å². The van der Waals surface area contributed by atoms with E-state index in [0.717, 1.165) is 29.8 Å². The van der Waals surface area contributed by atoms with Gasteiger partial charge in [-0.2, -0.15) is 0 Å². The first-order valence-electron chi connectivity index (χ1n) is 6.86. The van der Waals surface area contributed by atoms with Crippen molar-refractivity contribution >= 4 is 11.6 Å². The molecule has 0 heterocycles. The lowest BCUT2D eigenvalue weighted by atomic mass is 10.1. The molecule has 0 unspecified atom stereocenters. The van der Waals surface area contributed by atoms with Crippen LogP contribution in [0.2, 0.25) is 5.02 Å². The highest BCUT2D eigenvalue weighted by molar-refractivity contribution is 6.32. The van der Waals surface area contributed by atoms with E-state index in [2.05, 4.69) is 36.5 Å². The Kier molecular flexibility index (Phi) is 5.45. The molecular formula is C17H20ClNO. The number of ether oxygens (including phenoxy) is 1. The lowest BCUT2D eigenvalue weighted by Crippen LogP contribution is -2.05. The van der Waals surface area contributed by atoms with Crippen LogP contribution in [0, 0.1) is 0 Å². The maximum atomic E-state index is 6.23. The number of halogens is 1. The minimum atomic E-state index is 0.537. The van der Waals surface area contributed by atoms with Gasteiger partial charge in [0.2, 0.25) is 0 Å². The SMILES string of the molecule is CCc1ccc(COc2ccc(CNC)cc2Cl)cc1. The molecule has 0 fully saturated rings. The Morgan fingerprint density at radius 1 is 1.00 bits per heavy atom. The summed E-state index contributed by atoms with van der Waals surface area (Å²) in [5.74, 6) is 0.728. The zero-order valence-corrected chi connectivity index (χ0v) is 12.7. The summed E-state index contributed by atoms with van der Waals surface area (Å²) in [6.45, 7) is 3.49. The maximum absolute atomic E-state index is 6.23. The molecule has 1 N–H and O–H groups in total. The molecule has 0 spiro atoms. The summed E-state index contributed by atoms with van der Waals surface area (Å²) >= 11 is 6.23. The van der Waals surface area contributed by atoms with Crippen LogP contribution in [0.15, 0.2) is 42.5 Å². The van der Waals surface area contributed by atoms with E-state index in [1.807, 2.05) is 25.2 Å². The van der Waals surface area contributed by atoms with Gasteiger partial charge in [0.25, 0.3) is 0 Å². The van der Waals surface area contributed by atoms with E-state index < -0.39 is 0 Å². The van der Waals surface area contributed by atoms with E-state index in [1.54, 1.807) is 0 Å². The van der Waals surface area contributed by atoms with Gasteiger partial charge in [0.15, 0.2) is 0 Å². The van der Waals surface area contributed by atoms with Gasteiger partial charge < -0.3 is 10.1 Å². The summed E-state index contributed by atoms with van der Waals surface area (Å²) < 4.78 is 5.78. The Balaban J connectivity index is 1.99. The van der Waals surface area contributed by atoms with Crippen LogP contribution in [0.3, 0.4) is 0 Å². The van der Waals surface area contributed by atoms with E-state index in [1.165, 1.54) is 5.56 Å². The molecule has 2 aromatic carbocycles. The second-order valence-electron chi connectivity index (χ2n) is 4.75. The van der Waals surface area contributed by atoms with Crippen LogP contribution in [-0.4, -0.2) is 7.05 Å². The molecule has 2 rings (SSSR count). The molecule has 0 aromatic heterocycles. The van der Waals surface area contributed by atoms with E-state index in [4.69, 9.17) is 16.3 Å². The summed E-state index contributed by atoms with van der Waals surface area (Å²) in [6.07, 6.45) is 1.06. The van der Waals surface area contributed by atoms with Crippen molar-refractivity contribution in [2.45, 2.75) is 26.5 Å². The minimum Gasteiger partial charge on any atom is -0.487 e. The molecule has 0 aliphatic rings. The van der Waals surface area contributed by atoms with Gasteiger partial charge >= 0.3 is 0 Å². The zero-order chi connectivity index (χ0) is 14.4. The fourth-order valence-electron chi connectivity index (χ4n) is 2.01. The maximum Gasteiger partial charge on any atom is 0.138 e. The molecule has 2 aromatic rings. The van der Waals surface area contributed by atoms with Crippen LogP contribution in [-0.2, 0) is 19.6 Å². The van der Waals surface area contributed by atoms with Crippen molar-refractivity contribution in [2.24, 2.45) is 0 Å². The third-order valence-electron chi connectivity index (χ3n) is 3.20. The van der Waals surface area contributed by atoms with Gasteiger partial charge in [-0.1, -0.05) is 48.9 Å². The highest BCUT2D eigenvalue weighted by atomic mass is 35.5. The Morgan fingerprint density at radius 3 is 2.25 bits per heavy atom. The second-order valence-corrected chi connectivity index (χ2v) is 5.16. The third-order valence-corrected chi connectivity index (χ3v) is 3.50. The fourth-order valence-corrected chi connectivity index (χ4v) is 2.27. The van der Waals surface area contributed by atoms with Gasteiger partial charge in [0.05, 0.1) is 5.02 Å². The van der Waals surface area contributed by atoms with Gasteiger partial charge in [0, 0.05) is 6.54 Å². The highest BCUT2D eigenvalue weighted by Gasteiger charge is 2.03. The minimum absolute atomic E-state index is 0.537. The van der Waals surface area contributed by atoms with E-state index in [0.29, 0.717) is 11.6 Å². The molecule has 2 nitrogen and oxygen atoms in total. The molecule has 0 aliphatic carbocycles. The predicted molar refractivity (Wildman–Crippen MR) is 84.4 cm³/mol. The van der Waals surface area contributed by atoms with Crippen LogP contribution < -0.4 is 10.1 Å². The number of benzene rings is 2. The first-order valence-corrected chi connectivity index (χ1v) is 7.24. The quantitative estimate of drug-likeness (QED) is 0.860. The molecule has 20 heavy (non-hydrogen) atoms. The van der Waals surface area contributed by atoms with E-state index in [-0.39, 0.29) is 0 Å². The van der Waals surface area contributed by atoms with Crippen LogP contribution in [0.1, 0.15) is 23.6 Å². The normalized spacial score (nSPS) is 10.6. The van der Waals surface area contributed by atoms with Gasteiger partial charge in [-0.15, -0.1) is 0 Å². The number of hydrogen-bond donors (Lipinski definition) is 1. The lowest BCUT2D eigenvalue weighted by molar-refractivity contribution is 0.306. The molecule has 0 aliphatic heterocycles. The molecule has 0 saturated heterocycles. The predicted octanol–water partition coefficient (Wildman–Crippen LogP) is 4.20. The Morgan fingerprint density at radius 2 is 1.65 bits per heavy atom. The molecule has 0 amide bonds. The van der Waals surface area contributed by atoms with Crippen molar-refractivity contribution in [3.05, 3.63) is 64.2 Å². The average molecular weight is 290 g/mol. The smallest absolute Gasteiger partial charge is 0.138 e. The van der Waals surface area contributed by atoms with Crippen molar-refractivity contribution in [3.8, 4) is 5.75 Å². The second kappa shape index (κ2) is 7.32. The van der Waals surface area contributed by atoms with E-state index >= 15 is 0 Å². The molecule has 0 radical (unpaired) electrons. The Bertz CT molecular complexity index is 551. The molecule has 106 valence electrons. The molecule has 0 bridgehead atoms. The van der Waals surface area contributed by atoms with Crippen molar-refractivity contribution < 1.29 is 4.74 Å². The summed E-state index contributed by atoms with van der Waals surface area (Å²) in [5.41, 5.74) is 3.64. The first kappa shape index (κ1) is 14.9. The zero-order valence-electron chi connectivity index (χ0n) is 11.9. The van der Waals surface area contributed by atoms with Crippen LogP contribution in [0.25, 0.3) is 0 Å². The van der Waals surface area contributed by atoms with Gasteiger partial charge in [-0.05, 0) is 42.3 Å². The summed E-state index contributed by atoms with van der Waals surface area (Å²) in [6, 6.07) is 14.4. The Hall–Kier alpha value is -1.51. The third kappa shape index (κ3) is 3.99. The summed E-state index contributed by atoms with van der Waals surface area (Å²) in [4.78, 5) is 0. The fraction of sp³-hybridized carbons (Fsp3) is 0.294. The van der Waals surface area contributed by atoms with E-state index in [9.17, 15) is 0 Å². The van der Waals surface area contributed by atoms with Crippen molar-refractivity contribution in [1.29, 1.82) is 0 Å². The standard InChI is InChI=1S/C17H20ClNO/c1-3-13-4-6-14(7-5-13)12-20-17-9-8-15(11-19-2)10-16(17)18/h4-10,19H,3,11-12H2,1-2H3. The molecule has 0 saturated carbocycles. The number of aryl methyl sites for hydroxylation is 1. The summed E-state index contributed by atoms with van der Waals surface area (Å²) in [5, 5.41) is 3.76. The summed E-state index contributed by atoms with van der Waals surface area (Å²) in [7, 11) is 1.91. The average Bonchev–Trinajstić information content (AvgIpc) is 2.47. The number of nitrogens with one attached hydrogen (secondary N) is 1. The van der Waals surface area contributed by atoms with Gasteiger partial charge in [-0.25, -0.2) is 0 Å². The molecular weight excluding hydrogens is 270 g/mol. The van der Waals surface area contributed by atoms with Crippen LogP contribution in [0.4, 0.5) is 0 Å². The first-order chi connectivity index (χ1) is 9.72. The number of rotatable bonds is 6. The van der Waals surface area contributed by atoms with Gasteiger partial charge in [0.1, 0.15) is 12.4 Å². The molecule has 3 heteroatoms. The van der Waals surface area contributed by atoms with Crippen LogP contribution >= 0.6 is 11.6 Å². The monoisotopic (exact) mass is 289 g/mol. The largest absolute Gasteiger partial charge is 0.487 e. The topological polar surface area (TPSA) is 21.3 Å². The van der Waals surface area contributed by atoms with Crippen LogP contribution in [0.5, 0.6) is 5.75 Å². The lowest BCUT2D eigenvalue weighted by Gasteiger charge is -2.10. The van der Waals surface area contributed by atoms with Crippen molar-refractivity contribution in [1.82, 2.24) is 5.32 Å². The highest BCUT2D eigenvalue weighted by Crippen LogP contribution is 2.26. The van der Waals surface area contributed by atoms with Crippen molar-refractivity contribution in [3.63, 3.8) is 0 Å². The Labute approximate surface area is 125 Å².